The molecule has 5 nitrogen and oxygen atoms in total. The largest absolute Gasteiger partial charge is 0.248 e. The summed E-state index contributed by atoms with van der Waals surface area (Å²) in [6.45, 7) is 1.37. The molecule has 0 aliphatic heterocycles. The van der Waals surface area contributed by atoms with E-state index >= 15 is 0 Å². The number of benzene rings is 1. The predicted octanol–water partition coefficient (Wildman–Crippen LogP) is 4.13. The number of fused-ring (bicyclic) bond motifs is 1. The number of aromatic nitrogens is 3. The highest BCUT2D eigenvalue weighted by Crippen LogP contribution is 2.37. The fraction of sp³-hybridized carbons (Fsp3) is 0.158. The van der Waals surface area contributed by atoms with Crippen molar-refractivity contribution in [3.63, 3.8) is 0 Å². The van der Waals surface area contributed by atoms with Crippen LogP contribution in [0.2, 0.25) is 0 Å². The molecule has 0 fully saturated rings. The van der Waals surface area contributed by atoms with Crippen LogP contribution in [0.25, 0.3) is 22.3 Å². The molecule has 0 saturated heterocycles. The minimum Gasteiger partial charge on any atom is -0.241 e. The summed E-state index contributed by atoms with van der Waals surface area (Å²) >= 11 is 0. The Balaban J connectivity index is 2.00. The van der Waals surface area contributed by atoms with E-state index in [-0.39, 0.29) is 28.7 Å². The van der Waals surface area contributed by atoms with Crippen molar-refractivity contribution in [3.05, 3.63) is 72.5 Å². The molecule has 1 aliphatic carbocycles. The molecule has 4 rings (SSSR count). The van der Waals surface area contributed by atoms with Gasteiger partial charge >= 0.3 is 0 Å². The predicted molar refractivity (Wildman–Crippen MR) is 98.6 cm³/mol. The van der Waals surface area contributed by atoms with Gasteiger partial charge in [-0.1, -0.05) is 18.2 Å². The second-order valence-electron chi connectivity index (χ2n) is 6.65. The summed E-state index contributed by atoms with van der Waals surface area (Å²) in [5.41, 5.74) is 0.0208. The fourth-order valence-electron chi connectivity index (χ4n) is 3.24. The summed E-state index contributed by atoms with van der Waals surface area (Å²) in [4.78, 5) is 7.73. The molecule has 0 radical (unpaired) electrons. The molecular weight excluding hydrogens is 391 g/mol. The highest BCUT2D eigenvalue weighted by atomic mass is 32.2. The van der Waals surface area contributed by atoms with E-state index < -0.39 is 32.2 Å². The molecule has 3 aromatic rings. The maximum atomic E-state index is 14.6. The van der Waals surface area contributed by atoms with Gasteiger partial charge < -0.3 is 0 Å². The molecule has 2 heterocycles. The van der Waals surface area contributed by atoms with E-state index in [4.69, 9.17) is 0 Å². The van der Waals surface area contributed by atoms with Gasteiger partial charge in [-0.15, -0.1) is 0 Å². The Morgan fingerprint density at radius 3 is 2.54 bits per heavy atom. The maximum Gasteiger partial charge on any atom is 0.248 e. The average Bonchev–Trinajstić information content (AvgIpc) is 3.04. The highest BCUT2D eigenvalue weighted by Gasteiger charge is 2.41. The second kappa shape index (κ2) is 6.30. The second-order valence-corrected chi connectivity index (χ2v) is 8.93. The first kappa shape index (κ1) is 18.4. The number of para-hydroxylation sites is 1. The van der Waals surface area contributed by atoms with Crippen LogP contribution >= 0.6 is 0 Å². The number of rotatable bonds is 3. The highest BCUT2D eigenvalue weighted by molar-refractivity contribution is 7.91. The monoisotopic (exact) mass is 405 g/mol. The molecule has 1 aromatic carbocycles. The maximum absolute atomic E-state index is 14.6. The zero-order valence-electron chi connectivity index (χ0n) is 14.6. The van der Waals surface area contributed by atoms with Gasteiger partial charge in [-0.3, -0.25) is 0 Å². The van der Waals surface area contributed by atoms with Crippen LogP contribution < -0.4 is 0 Å². The van der Waals surface area contributed by atoms with Crippen LogP contribution in [0.4, 0.5) is 13.2 Å². The minimum absolute atomic E-state index is 0.0270. The quantitative estimate of drug-likeness (QED) is 0.657. The van der Waals surface area contributed by atoms with Gasteiger partial charge in [0.05, 0.1) is 12.4 Å². The molecule has 144 valence electrons. The Hall–Kier alpha value is -2.94. The third-order valence-corrected chi connectivity index (χ3v) is 6.97. The number of hydrogen-bond acceptors (Lipinski definition) is 4. The minimum atomic E-state index is -4.26. The van der Waals surface area contributed by atoms with E-state index in [9.17, 15) is 21.6 Å². The van der Waals surface area contributed by atoms with E-state index in [1.54, 1.807) is 0 Å². The van der Waals surface area contributed by atoms with Crippen molar-refractivity contribution < 1.29 is 21.6 Å². The van der Waals surface area contributed by atoms with Crippen LogP contribution in [0.3, 0.4) is 0 Å². The van der Waals surface area contributed by atoms with Crippen LogP contribution in [-0.2, 0) is 10.0 Å². The number of nitrogens with zero attached hydrogens (tertiary/aromatic N) is 3. The van der Waals surface area contributed by atoms with E-state index in [0.717, 1.165) is 28.5 Å². The topological polar surface area (TPSA) is 64.8 Å². The first-order valence-corrected chi connectivity index (χ1v) is 9.74. The summed E-state index contributed by atoms with van der Waals surface area (Å²) in [5.74, 6) is -2.07. The Morgan fingerprint density at radius 2 is 1.86 bits per heavy atom. The van der Waals surface area contributed by atoms with Crippen molar-refractivity contribution in [2.75, 3.05) is 0 Å². The molecule has 0 bridgehead atoms. The molecule has 0 amide bonds. The normalized spacial score (nSPS) is 19.8. The van der Waals surface area contributed by atoms with Crippen LogP contribution in [-0.4, -0.2) is 27.1 Å². The Labute approximate surface area is 158 Å². The molecule has 1 unspecified atom stereocenters. The number of halogens is 3. The van der Waals surface area contributed by atoms with Crippen molar-refractivity contribution in [1.82, 2.24) is 13.9 Å². The van der Waals surface area contributed by atoms with E-state index in [2.05, 4.69) is 9.97 Å². The smallest absolute Gasteiger partial charge is 0.241 e. The van der Waals surface area contributed by atoms with Gasteiger partial charge in [-0.2, -0.15) is 0 Å². The van der Waals surface area contributed by atoms with Crippen molar-refractivity contribution in [2.24, 2.45) is 0 Å². The summed E-state index contributed by atoms with van der Waals surface area (Å²) in [6, 6.07) is 4.07. The van der Waals surface area contributed by atoms with Gasteiger partial charge in [-0.05, 0) is 31.6 Å². The van der Waals surface area contributed by atoms with Crippen molar-refractivity contribution in [2.45, 2.75) is 18.1 Å². The van der Waals surface area contributed by atoms with Gasteiger partial charge in [-0.25, -0.2) is 35.5 Å². The van der Waals surface area contributed by atoms with Crippen molar-refractivity contribution in [1.29, 1.82) is 0 Å². The van der Waals surface area contributed by atoms with Gasteiger partial charge in [0.15, 0.2) is 11.6 Å². The first-order chi connectivity index (χ1) is 13.2. The standard InChI is InChI=1S/C19H14F3N3O2S/c1-19(7-3-4-12(20)8-19)28(26,27)25-11-15(18-23-9-13(21)10-24-18)14-5-2-6-16(22)17(14)25/h2-6,8-11H,7H2,1H3. The van der Waals surface area contributed by atoms with Gasteiger partial charge in [0.25, 0.3) is 0 Å². The van der Waals surface area contributed by atoms with Crippen molar-refractivity contribution >= 4 is 20.9 Å². The molecular formula is C19H14F3N3O2S. The van der Waals surface area contributed by atoms with Crippen LogP contribution in [0.5, 0.6) is 0 Å². The number of allylic oxidation sites excluding steroid dienone is 3. The first-order valence-electron chi connectivity index (χ1n) is 8.30. The SMILES string of the molecule is CC1(S(=O)(=O)n2cc(-c3ncc(F)cn3)c3cccc(F)c32)C=C(F)C=CC1. The Bertz CT molecular complexity index is 1250. The molecule has 1 aliphatic rings. The van der Waals surface area contributed by atoms with E-state index in [1.165, 1.54) is 37.4 Å². The lowest BCUT2D eigenvalue weighted by atomic mass is 10.0. The molecule has 0 spiro atoms. The Kier molecular flexibility index (Phi) is 4.15. The lowest BCUT2D eigenvalue weighted by molar-refractivity contribution is 0.544. The summed E-state index contributed by atoms with van der Waals surface area (Å²) in [7, 11) is -4.26. The van der Waals surface area contributed by atoms with Gasteiger partial charge in [0.1, 0.15) is 21.9 Å². The zero-order chi connectivity index (χ0) is 20.1. The summed E-state index contributed by atoms with van der Waals surface area (Å²) < 4.78 is 67.5. The summed E-state index contributed by atoms with van der Waals surface area (Å²) in [5, 5.41) is 0.245. The van der Waals surface area contributed by atoms with Gasteiger partial charge in [0.2, 0.25) is 10.0 Å². The van der Waals surface area contributed by atoms with Crippen LogP contribution in [0, 0.1) is 11.6 Å². The fourth-order valence-corrected chi connectivity index (χ4v) is 4.92. The molecule has 2 aromatic heterocycles. The number of hydrogen-bond donors (Lipinski definition) is 0. The summed E-state index contributed by atoms with van der Waals surface area (Å²) in [6.07, 6.45) is 6.69. The zero-order valence-corrected chi connectivity index (χ0v) is 15.4. The van der Waals surface area contributed by atoms with Crippen LogP contribution in [0.1, 0.15) is 13.3 Å². The lowest BCUT2D eigenvalue weighted by Gasteiger charge is -2.27. The van der Waals surface area contributed by atoms with Crippen molar-refractivity contribution in [3.8, 4) is 11.4 Å². The molecule has 0 N–H and O–H groups in total. The molecule has 1 atom stereocenters. The van der Waals surface area contributed by atoms with E-state index in [1.807, 2.05) is 0 Å². The third kappa shape index (κ3) is 2.73. The molecule has 28 heavy (non-hydrogen) atoms. The Morgan fingerprint density at radius 1 is 1.14 bits per heavy atom. The lowest BCUT2D eigenvalue weighted by Crippen LogP contribution is -2.38. The van der Waals surface area contributed by atoms with Gasteiger partial charge in [0, 0.05) is 17.1 Å². The van der Waals surface area contributed by atoms with Crippen LogP contribution in [0.15, 0.2) is 60.8 Å². The third-order valence-electron chi connectivity index (χ3n) is 4.70. The average molecular weight is 405 g/mol. The molecule has 9 heteroatoms. The van der Waals surface area contributed by atoms with E-state index in [0.29, 0.717) is 0 Å². The molecule has 0 saturated carbocycles.